The summed E-state index contributed by atoms with van der Waals surface area (Å²) in [6.45, 7) is 4.59. The number of aryl methyl sites for hydroxylation is 2. The minimum absolute atomic E-state index is 0.0150. The molecule has 0 aliphatic carbocycles. The van der Waals surface area contributed by atoms with E-state index >= 15 is 0 Å². The Hall–Kier alpha value is -3.09. The van der Waals surface area contributed by atoms with Crippen molar-refractivity contribution >= 4 is 5.91 Å². The molecule has 0 N–H and O–H groups in total. The number of hydrogen-bond acceptors (Lipinski definition) is 4. The Morgan fingerprint density at radius 1 is 1.17 bits per heavy atom. The maximum atomic E-state index is 14.0. The molecule has 0 unspecified atom stereocenters. The van der Waals surface area contributed by atoms with Gasteiger partial charge in [-0.2, -0.15) is 0 Å². The number of amides is 1. The van der Waals surface area contributed by atoms with Crippen LogP contribution in [-0.2, 0) is 0 Å². The summed E-state index contributed by atoms with van der Waals surface area (Å²) in [7, 11) is 0. The molecule has 1 aliphatic heterocycles. The summed E-state index contributed by atoms with van der Waals surface area (Å²) >= 11 is 0. The van der Waals surface area contributed by atoms with E-state index in [0.29, 0.717) is 13.1 Å². The highest BCUT2D eigenvalue weighted by atomic mass is 19.1. The number of carbonyl (C=O) groups excluding carboxylic acids is 1. The molecule has 7 heteroatoms. The Bertz CT molecular complexity index is 1010. The van der Waals surface area contributed by atoms with Gasteiger partial charge in [-0.25, -0.2) is 8.78 Å². The molecule has 150 valence electrons. The zero-order valence-corrected chi connectivity index (χ0v) is 16.3. The van der Waals surface area contributed by atoms with E-state index in [4.69, 9.17) is 4.52 Å². The molecule has 3 aromatic rings. The molecule has 1 fully saturated rings. The number of rotatable bonds is 3. The van der Waals surface area contributed by atoms with Crippen LogP contribution in [0.15, 0.2) is 41.1 Å². The number of pyridine rings is 1. The number of aromatic nitrogens is 2. The topological polar surface area (TPSA) is 59.2 Å². The Morgan fingerprint density at radius 2 is 1.93 bits per heavy atom. The van der Waals surface area contributed by atoms with Gasteiger partial charge in [0.2, 0.25) is 0 Å². The van der Waals surface area contributed by atoms with Gasteiger partial charge in [-0.05, 0) is 44.9 Å². The highest BCUT2D eigenvalue weighted by Crippen LogP contribution is 2.30. The predicted molar refractivity (Wildman–Crippen MR) is 103 cm³/mol. The van der Waals surface area contributed by atoms with Gasteiger partial charge in [0.1, 0.15) is 23.0 Å². The minimum atomic E-state index is -0.834. The minimum Gasteiger partial charge on any atom is -0.361 e. The molecule has 1 atom stereocenters. The van der Waals surface area contributed by atoms with Gasteiger partial charge in [-0.15, -0.1) is 0 Å². The number of carbonyl (C=O) groups is 1. The van der Waals surface area contributed by atoms with Crippen molar-refractivity contribution < 1.29 is 18.1 Å². The van der Waals surface area contributed by atoms with E-state index in [1.165, 1.54) is 11.0 Å². The number of hydrogen-bond donors (Lipinski definition) is 0. The highest BCUT2D eigenvalue weighted by molar-refractivity contribution is 5.94. The predicted octanol–water partition coefficient (Wildman–Crippen LogP) is 4.65. The first kappa shape index (κ1) is 19.2. The van der Waals surface area contributed by atoms with Gasteiger partial charge in [-0.1, -0.05) is 17.3 Å². The fourth-order valence-corrected chi connectivity index (χ4v) is 3.95. The van der Waals surface area contributed by atoms with Crippen molar-refractivity contribution in [2.45, 2.75) is 32.6 Å². The second-order valence-electron chi connectivity index (χ2n) is 7.36. The number of benzene rings is 1. The molecule has 1 aliphatic rings. The normalized spacial score (nSPS) is 16.8. The summed E-state index contributed by atoms with van der Waals surface area (Å²) in [5.74, 6) is -1.53. The average Bonchev–Trinajstić information content (AvgIpc) is 3.06. The third-order valence-corrected chi connectivity index (χ3v) is 5.41. The van der Waals surface area contributed by atoms with Gasteiger partial charge in [0.05, 0.1) is 5.69 Å². The summed E-state index contributed by atoms with van der Waals surface area (Å²) in [5.41, 5.74) is 3.02. The van der Waals surface area contributed by atoms with E-state index in [2.05, 4.69) is 10.1 Å². The van der Waals surface area contributed by atoms with E-state index in [0.717, 1.165) is 53.2 Å². The van der Waals surface area contributed by atoms with Crippen molar-refractivity contribution in [1.29, 1.82) is 0 Å². The third-order valence-electron chi connectivity index (χ3n) is 5.41. The number of nitrogens with zero attached hydrogens (tertiary/aromatic N) is 3. The smallest absolute Gasteiger partial charge is 0.259 e. The molecule has 5 nitrogen and oxygen atoms in total. The van der Waals surface area contributed by atoms with Crippen LogP contribution >= 0.6 is 0 Å². The van der Waals surface area contributed by atoms with E-state index in [-0.39, 0.29) is 5.92 Å². The van der Waals surface area contributed by atoms with Crippen molar-refractivity contribution in [3.63, 3.8) is 0 Å². The van der Waals surface area contributed by atoms with Crippen LogP contribution in [0.5, 0.6) is 0 Å². The molecule has 0 radical (unpaired) electrons. The van der Waals surface area contributed by atoms with Crippen LogP contribution in [0.1, 0.15) is 46.3 Å². The number of likely N-dealkylation sites (tertiary alicyclic amines) is 1. The lowest BCUT2D eigenvalue weighted by Gasteiger charge is -2.32. The van der Waals surface area contributed by atoms with E-state index in [1.807, 2.05) is 26.0 Å². The van der Waals surface area contributed by atoms with Crippen LogP contribution in [0, 0.1) is 25.5 Å². The summed E-state index contributed by atoms with van der Waals surface area (Å²) in [5, 5.41) is 3.97. The Labute approximate surface area is 167 Å². The highest BCUT2D eigenvalue weighted by Gasteiger charge is 2.29. The SMILES string of the molecule is Cc1noc(C)c1-c1ccc([C@@H]2CCCN(C(=O)c3c(F)cccc3F)C2)nc1. The van der Waals surface area contributed by atoms with Crippen LogP contribution in [0.4, 0.5) is 8.78 Å². The standard InChI is InChI=1S/C22H21F2N3O2/c1-13-20(14(2)29-26-13)15-8-9-19(25-11-15)16-5-4-10-27(12-16)22(28)21-17(23)6-3-7-18(21)24/h3,6-9,11,16H,4-5,10,12H2,1-2H3/t16-/m1/s1. The van der Waals surface area contributed by atoms with Gasteiger partial charge in [0.25, 0.3) is 5.91 Å². The van der Waals surface area contributed by atoms with Gasteiger partial charge in [-0.3, -0.25) is 9.78 Å². The van der Waals surface area contributed by atoms with Gasteiger partial charge < -0.3 is 9.42 Å². The molecule has 0 bridgehead atoms. The molecule has 4 rings (SSSR count). The van der Waals surface area contributed by atoms with E-state index < -0.39 is 23.1 Å². The van der Waals surface area contributed by atoms with Crippen LogP contribution < -0.4 is 0 Å². The fraction of sp³-hybridized carbons (Fsp3) is 0.318. The third kappa shape index (κ3) is 3.64. The van der Waals surface area contributed by atoms with E-state index in [9.17, 15) is 13.6 Å². The van der Waals surface area contributed by atoms with Crippen LogP contribution in [0.2, 0.25) is 0 Å². The first-order valence-electron chi connectivity index (χ1n) is 9.58. The summed E-state index contributed by atoms with van der Waals surface area (Å²) < 4.78 is 33.2. The maximum absolute atomic E-state index is 14.0. The lowest BCUT2D eigenvalue weighted by molar-refractivity contribution is 0.0696. The second kappa shape index (κ2) is 7.73. The first-order valence-corrected chi connectivity index (χ1v) is 9.58. The zero-order chi connectivity index (χ0) is 20.5. The van der Waals surface area contributed by atoms with Crippen LogP contribution in [0.25, 0.3) is 11.1 Å². The number of halogens is 2. The summed E-state index contributed by atoms with van der Waals surface area (Å²) in [6, 6.07) is 7.36. The molecular formula is C22H21F2N3O2. The van der Waals surface area contributed by atoms with Crippen LogP contribution in [0.3, 0.4) is 0 Å². The second-order valence-corrected chi connectivity index (χ2v) is 7.36. The molecule has 1 saturated heterocycles. The lowest BCUT2D eigenvalue weighted by Crippen LogP contribution is -2.40. The van der Waals surface area contributed by atoms with E-state index in [1.54, 1.807) is 6.20 Å². The van der Waals surface area contributed by atoms with Gasteiger partial charge in [0.15, 0.2) is 0 Å². The molecule has 1 amide bonds. The lowest BCUT2D eigenvalue weighted by atomic mass is 9.93. The Balaban J connectivity index is 1.54. The van der Waals surface area contributed by atoms with Gasteiger partial charge in [0, 0.05) is 42.0 Å². The van der Waals surface area contributed by atoms with Crippen molar-refractivity contribution in [3.05, 3.63) is 70.9 Å². The number of piperidine rings is 1. The van der Waals surface area contributed by atoms with Crippen molar-refractivity contribution in [3.8, 4) is 11.1 Å². The molecule has 3 heterocycles. The molecule has 2 aromatic heterocycles. The average molecular weight is 397 g/mol. The monoisotopic (exact) mass is 397 g/mol. The Kier molecular flexibility index (Phi) is 5.13. The first-order chi connectivity index (χ1) is 14.0. The van der Waals surface area contributed by atoms with Crippen molar-refractivity contribution in [2.75, 3.05) is 13.1 Å². The maximum Gasteiger partial charge on any atom is 0.259 e. The summed E-state index contributed by atoms with van der Waals surface area (Å²) in [6.07, 6.45) is 3.39. The van der Waals surface area contributed by atoms with Crippen molar-refractivity contribution in [1.82, 2.24) is 15.0 Å². The fourth-order valence-electron chi connectivity index (χ4n) is 3.95. The molecule has 0 saturated carbocycles. The summed E-state index contributed by atoms with van der Waals surface area (Å²) in [4.78, 5) is 18.8. The zero-order valence-electron chi connectivity index (χ0n) is 16.3. The largest absolute Gasteiger partial charge is 0.361 e. The molecule has 0 spiro atoms. The molecular weight excluding hydrogens is 376 g/mol. The van der Waals surface area contributed by atoms with Crippen LogP contribution in [-0.4, -0.2) is 34.0 Å². The molecule has 1 aromatic carbocycles. The van der Waals surface area contributed by atoms with Gasteiger partial charge >= 0.3 is 0 Å². The quantitative estimate of drug-likeness (QED) is 0.645. The van der Waals surface area contributed by atoms with Crippen molar-refractivity contribution in [2.24, 2.45) is 0 Å². The Morgan fingerprint density at radius 3 is 2.55 bits per heavy atom. The molecule has 29 heavy (non-hydrogen) atoms.